The minimum Gasteiger partial charge on any atom is -0.497 e. The van der Waals surface area contributed by atoms with Gasteiger partial charge < -0.3 is 20.1 Å². The summed E-state index contributed by atoms with van der Waals surface area (Å²) in [5.74, 6) is 0.865. The van der Waals surface area contributed by atoms with Gasteiger partial charge in [-0.05, 0) is 36.4 Å². The lowest BCUT2D eigenvalue weighted by molar-refractivity contribution is -0.137. The third kappa shape index (κ3) is 5.41. The van der Waals surface area contributed by atoms with Gasteiger partial charge in [0.2, 0.25) is 5.91 Å². The number of alkyl halides is 3. The Hall–Kier alpha value is -3.27. The molecule has 0 unspecified atom stereocenters. The second-order valence-electron chi connectivity index (χ2n) is 6.14. The maximum absolute atomic E-state index is 12.6. The van der Waals surface area contributed by atoms with Gasteiger partial charge in [-0.15, -0.1) is 11.3 Å². The molecular formula is C20H18F3N3O3S. The minimum atomic E-state index is -4.42. The number of hydrogen-bond donors (Lipinski definition) is 2. The Morgan fingerprint density at radius 2 is 1.83 bits per heavy atom. The molecule has 1 amide bonds. The van der Waals surface area contributed by atoms with E-state index in [0.717, 1.165) is 12.1 Å². The highest BCUT2D eigenvalue weighted by molar-refractivity contribution is 7.13. The quantitative estimate of drug-likeness (QED) is 0.538. The summed E-state index contributed by atoms with van der Waals surface area (Å²) >= 11 is 1.31. The number of thiazole rings is 1. The molecule has 2 N–H and O–H groups in total. The lowest BCUT2D eigenvalue weighted by Gasteiger charge is -2.10. The number of anilines is 3. The molecule has 0 saturated carbocycles. The fourth-order valence-corrected chi connectivity index (χ4v) is 3.31. The van der Waals surface area contributed by atoms with Crippen molar-refractivity contribution in [1.82, 2.24) is 4.98 Å². The van der Waals surface area contributed by atoms with Crippen LogP contribution in [-0.2, 0) is 17.4 Å². The number of aromatic nitrogens is 1. The lowest BCUT2D eigenvalue weighted by Crippen LogP contribution is -2.15. The highest BCUT2D eigenvalue weighted by Crippen LogP contribution is 2.33. The molecule has 0 aliphatic heterocycles. The van der Waals surface area contributed by atoms with Crippen molar-refractivity contribution >= 4 is 33.8 Å². The first-order valence-electron chi connectivity index (χ1n) is 8.69. The Balaban J connectivity index is 1.62. The summed E-state index contributed by atoms with van der Waals surface area (Å²) in [5.41, 5.74) is 0.687. The molecule has 3 aromatic rings. The number of hydrogen-bond acceptors (Lipinski definition) is 6. The van der Waals surface area contributed by atoms with Gasteiger partial charge in [-0.3, -0.25) is 4.79 Å². The monoisotopic (exact) mass is 437 g/mol. The summed E-state index contributed by atoms with van der Waals surface area (Å²) in [7, 11) is 3.11. The Bertz CT molecular complexity index is 1020. The molecule has 0 aliphatic carbocycles. The van der Waals surface area contributed by atoms with Gasteiger partial charge in [-0.25, -0.2) is 4.98 Å². The molecule has 0 aliphatic rings. The van der Waals surface area contributed by atoms with Crippen LogP contribution in [0.5, 0.6) is 11.5 Å². The van der Waals surface area contributed by atoms with Crippen LogP contribution in [0.2, 0.25) is 0 Å². The summed E-state index contributed by atoms with van der Waals surface area (Å²) in [5, 5.41) is 7.97. The molecule has 0 atom stereocenters. The first kappa shape index (κ1) is 21.4. The van der Waals surface area contributed by atoms with Gasteiger partial charge in [0.15, 0.2) is 5.13 Å². The van der Waals surface area contributed by atoms with Crippen molar-refractivity contribution in [2.75, 3.05) is 24.9 Å². The second kappa shape index (κ2) is 9.04. The third-order valence-electron chi connectivity index (χ3n) is 4.04. The normalized spacial score (nSPS) is 11.1. The highest BCUT2D eigenvalue weighted by Gasteiger charge is 2.30. The van der Waals surface area contributed by atoms with Crippen LogP contribution in [0.3, 0.4) is 0 Å². The Morgan fingerprint density at radius 1 is 1.10 bits per heavy atom. The van der Waals surface area contributed by atoms with Crippen molar-refractivity contribution < 1.29 is 27.4 Å². The van der Waals surface area contributed by atoms with Gasteiger partial charge in [0.1, 0.15) is 11.5 Å². The maximum atomic E-state index is 12.6. The minimum absolute atomic E-state index is 0.0194. The zero-order valence-electron chi connectivity index (χ0n) is 16.0. The molecule has 0 saturated heterocycles. The van der Waals surface area contributed by atoms with Crippen LogP contribution < -0.4 is 20.1 Å². The zero-order chi connectivity index (χ0) is 21.7. The Labute approximate surface area is 174 Å². The molecule has 3 rings (SSSR count). The van der Waals surface area contributed by atoms with Crippen LogP contribution in [0, 0.1) is 0 Å². The number of rotatable bonds is 7. The van der Waals surface area contributed by atoms with Crippen molar-refractivity contribution in [1.29, 1.82) is 0 Å². The number of carbonyl (C=O) groups is 1. The number of carbonyl (C=O) groups excluding carboxylic acids is 1. The highest BCUT2D eigenvalue weighted by atomic mass is 32.1. The molecule has 0 bridgehead atoms. The second-order valence-corrected chi connectivity index (χ2v) is 6.99. The van der Waals surface area contributed by atoms with Crippen LogP contribution in [0.15, 0.2) is 47.8 Å². The summed E-state index contributed by atoms with van der Waals surface area (Å²) in [4.78, 5) is 16.6. The number of amides is 1. The van der Waals surface area contributed by atoms with Crippen molar-refractivity contribution in [3.05, 3.63) is 59.1 Å². The fraction of sp³-hybridized carbons (Fsp3) is 0.200. The van der Waals surface area contributed by atoms with E-state index < -0.39 is 11.7 Å². The van der Waals surface area contributed by atoms with Crippen LogP contribution in [0.4, 0.5) is 29.7 Å². The topological polar surface area (TPSA) is 72.5 Å². The van der Waals surface area contributed by atoms with E-state index in [0.29, 0.717) is 28.0 Å². The first-order chi connectivity index (χ1) is 14.3. The Kier molecular flexibility index (Phi) is 6.46. The number of ether oxygens (including phenoxy) is 2. The van der Waals surface area contributed by atoms with E-state index in [2.05, 4.69) is 15.6 Å². The average molecular weight is 437 g/mol. The van der Waals surface area contributed by atoms with Crippen molar-refractivity contribution in [3.63, 3.8) is 0 Å². The van der Waals surface area contributed by atoms with E-state index in [1.54, 1.807) is 37.8 Å². The van der Waals surface area contributed by atoms with Gasteiger partial charge in [-0.2, -0.15) is 13.2 Å². The zero-order valence-corrected chi connectivity index (χ0v) is 16.9. The van der Waals surface area contributed by atoms with Crippen LogP contribution in [-0.4, -0.2) is 25.1 Å². The molecule has 6 nitrogen and oxygen atoms in total. The molecule has 0 radical (unpaired) electrons. The maximum Gasteiger partial charge on any atom is 0.416 e. The number of benzene rings is 2. The molecule has 1 aromatic heterocycles. The van der Waals surface area contributed by atoms with Crippen molar-refractivity contribution in [3.8, 4) is 11.5 Å². The molecule has 0 spiro atoms. The number of halogens is 3. The summed E-state index contributed by atoms with van der Waals surface area (Å²) in [6.07, 6.45) is -4.44. The molecular weight excluding hydrogens is 419 g/mol. The number of nitrogens with zero attached hydrogens (tertiary/aromatic N) is 1. The van der Waals surface area contributed by atoms with Gasteiger partial charge >= 0.3 is 6.18 Å². The molecule has 0 fully saturated rings. The van der Waals surface area contributed by atoms with E-state index in [4.69, 9.17) is 9.47 Å². The number of methoxy groups -OCH3 is 2. The average Bonchev–Trinajstić information content (AvgIpc) is 3.14. The lowest BCUT2D eigenvalue weighted by atomic mass is 10.2. The van der Waals surface area contributed by atoms with Crippen LogP contribution in [0.1, 0.15) is 11.3 Å². The predicted octanol–water partition coefficient (Wildman–Crippen LogP) is 5.10. The van der Waals surface area contributed by atoms with Crippen molar-refractivity contribution in [2.45, 2.75) is 12.6 Å². The standard InChI is InChI=1S/C20H18F3N3O3S/c1-28-15-7-8-17(29-2)16(10-15)26-19-25-14(11-30-19)9-18(27)24-13-5-3-12(4-6-13)20(21,22)23/h3-8,10-11H,9H2,1-2H3,(H,24,27)(H,25,26). The molecule has 10 heteroatoms. The third-order valence-corrected chi connectivity index (χ3v) is 4.84. The van der Waals surface area contributed by atoms with E-state index in [-0.39, 0.29) is 18.0 Å². The van der Waals surface area contributed by atoms with E-state index in [1.165, 1.54) is 23.5 Å². The number of nitrogens with one attached hydrogen (secondary N) is 2. The van der Waals surface area contributed by atoms with Gasteiger partial charge in [0.25, 0.3) is 0 Å². The van der Waals surface area contributed by atoms with E-state index in [1.807, 2.05) is 0 Å². The molecule has 30 heavy (non-hydrogen) atoms. The van der Waals surface area contributed by atoms with Gasteiger partial charge in [-0.1, -0.05) is 0 Å². The van der Waals surface area contributed by atoms with Crippen LogP contribution >= 0.6 is 11.3 Å². The summed E-state index contributed by atoms with van der Waals surface area (Å²) in [6, 6.07) is 9.55. The summed E-state index contributed by atoms with van der Waals surface area (Å²) in [6.45, 7) is 0. The van der Waals surface area contributed by atoms with Gasteiger partial charge in [0.05, 0.1) is 37.6 Å². The van der Waals surface area contributed by atoms with E-state index >= 15 is 0 Å². The van der Waals surface area contributed by atoms with Crippen LogP contribution in [0.25, 0.3) is 0 Å². The van der Waals surface area contributed by atoms with Crippen molar-refractivity contribution in [2.24, 2.45) is 0 Å². The molecule has 158 valence electrons. The SMILES string of the molecule is COc1ccc(OC)c(Nc2nc(CC(=O)Nc3ccc(C(F)(F)F)cc3)cs2)c1. The van der Waals surface area contributed by atoms with Gasteiger partial charge in [0, 0.05) is 17.1 Å². The molecule has 1 heterocycles. The largest absolute Gasteiger partial charge is 0.497 e. The smallest absolute Gasteiger partial charge is 0.416 e. The summed E-state index contributed by atoms with van der Waals surface area (Å²) < 4.78 is 48.3. The predicted molar refractivity (Wildman–Crippen MR) is 109 cm³/mol. The fourth-order valence-electron chi connectivity index (χ4n) is 2.58. The first-order valence-corrected chi connectivity index (χ1v) is 9.57. The molecule has 2 aromatic carbocycles. The van der Waals surface area contributed by atoms with E-state index in [9.17, 15) is 18.0 Å². The Morgan fingerprint density at radius 3 is 2.47 bits per heavy atom.